The monoisotopic (exact) mass is 562 g/mol. The Balaban J connectivity index is 1.35. The van der Waals surface area contributed by atoms with Gasteiger partial charge in [-0.2, -0.15) is 0 Å². The van der Waals surface area contributed by atoms with Crippen LogP contribution in [0.5, 0.6) is 11.5 Å². The minimum atomic E-state index is -0.639. The van der Waals surface area contributed by atoms with Gasteiger partial charge >= 0.3 is 0 Å². The molecule has 0 bridgehead atoms. The number of carbonyl (C=O) groups excluding carboxylic acids is 1. The Morgan fingerprint density at radius 1 is 1.00 bits per heavy atom. The van der Waals surface area contributed by atoms with Crippen LogP contribution in [0.25, 0.3) is 11.4 Å². The highest BCUT2D eigenvalue weighted by Gasteiger charge is 2.15. The number of carbonyl (C=O) groups is 1. The molecular weight excluding hydrogens is 526 g/mol. The number of aromatic amines is 1. The number of aromatic nitrogens is 2. The fourth-order valence-corrected chi connectivity index (χ4v) is 4.05. The van der Waals surface area contributed by atoms with Gasteiger partial charge in [0, 0.05) is 37.2 Å². The zero-order valence-corrected chi connectivity index (χ0v) is 23.8. The SMILES string of the molecule is Cc1ccc(F)c(NC(=O)c2ccc(F)c(Oc3ccnc(-c4cc(CNCCCCOC(C)(C)C)c[nH]4)c3)c2)c1. The Morgan fingerprint density at radius 3 is 2.61 bits per heavy atom. The average Bonchev–Trinajstić information content (AvgIpc) is 3.40. The lowest BCUT2D eigenvalue weighted by Crippen LogP contribution is -2.20. The number of anilines is 1. The van der Waals surface area contributed by atoms with E-state index in [1.807, 2.05) is 12.3 Å². The molecule has 7 nitrogen and oxygen atoms in total. The van der Waals surface area contributed by atoms with Gasteiger partial charge in [-0.3, -0.25) is 9.78 Å². The lowest BCUT2D eigenvalue weighted by atomic mass is 10.1. The van der Waals surface area contributed by atoms with Crippen molar-refractivity contribution in [3.63, 3.8) is 0 Å². The van der Waals surface area contributed by atoms with Crippen LogP contribution in [0.3, 0.4) is 0 Å². The van der Waals surface area contributed by atoms with E-state index in [2.05, 4.69) is 41.4 Å². The molecule has 3 N–H and O–H groups in total. The van der Waals surface area contributed by atoms with Crippen LogP contribution < -0.4 is 15.4 Å². The maximum absolute atomic E-state index is 14.6. The molecule has 0 radical (unpaired) electrons. The third kappa shape index (κ3) is 8.96. The van der Waals surface area contributed by atoms with Crippen LogP contribution in [0, 0.1) is 18.6 Å². The highest BCUT2D eigenvalue weighted by molar-refractivity contribution is 6.04. The van der Waals surface area contributed by atoms with E-state index >= 15 is 0 Å². The molecule has 1 amide bonds. The maximum atomic E-state index is 14.6. The third-order valence-corrected chi connectivity index (χ3v) is 6.15. The first-order chi connectivity index (χ1) is 19.6. The topological polar surface area (TPSA) is 88.3 Å². The molecule has 0 unspecified atom stereocenters. The summed E-state index contributed by atoms with van der Waals surface area (Å²) in [6, 6.07) is 13.4. The average molecular weight is 563 g/mol. The van der Waals surface area contributed by atoms with Crippen molar-refractivity contribution in [2.45, 2.75) is 52.7 Å². The first-order valence-corrected chi connectivity index (χ1v) is 13.6. The van der Waals surface area contributed by atoms with Gasteiger partial charge in [-0.15, -0.1) is 0 Å². The number of H-pyrrole nitrogens is 1. The van der Waals surface area contributed by atoms with Crippen LogP contribution in [0.1, 0.15) is 55.1 Å². The molecule has 0 aliphatic rings. The van der Waals surface area contributed by atoms with Gasteiger partial charge < -0.3 is 25.1 Å². The zero-order chi connectivity index (χ0) is 29.4. The molecule has 41 heavy (non-hydrogen) atoms. The highest BCUT2D eigenvalue weighted by atomic mass is 19.1. The number of ether oxygens (including phenoxy) is 2. The number of benzene rings is 2. The van der Waals surface area contributed by atoms with Gasteiger partial charge in [0.1, 0.15) is 11.6 Å². The molecule has 0 spiro atoms. The molecule has 0 aliphatic heterocycles. The molecule has 4 aromatic rings. The van der Waals surface area contributed by atoms with E-state index in [0.717, 1.165) is 48.9 Å². The second-order valence-corrected chi connectivity index (χ2v) is 10.8. The molecule has 0 saturated heterocycles. The van der Waals surface area contributed by atoms with Gasteiger partial charge in [0.25, 0.3) is 5.91 Å². The summed E-state index contributed by atoms with van der Waals surface area (Å²) >= 11 is 0. The smallest absolute Gasteiger partial charge is 0.255 e. The Morgan fingerprint density at radius 2 is 1.80 bits per heavy atom. The largest absolute Gasteiger partial charge is 0.454 e. The van der Waals surface area contributed by atoms with Crippen molar-refractivity contribution in [1.82, 2.24) is 15.3 Å². The van der Waals surface area contributed by atoms with Gasteiger partial charge in [-0.1, -0.05) is 6.07 Å². The zero-order valence-electron chi connectivity index (χ0n) is 23.8. The summed E-state index contributed by atoms with van der Waals surface area (Å²) in [6.07, 6.45) is 5.51. The highest BCUT2D eigenvalue weighted by Crippen LogP contribution is 2.29. The van der Waals surface area contributed by atoms with Crippen LogP contribution >= 0.6 is 0 Å². The number of amides is 1. The standard InChI is InChI=1S/C32H36F2N4O3/c1-21-7-9-25(33)27(15-21)38-31(39)23-8-10-26(34)30(17-23)41-24-11-13-36-29(18-24)28-16-22(20-37-28)19-35-12-5-6-14-40-32(2,3)4/h7-11,13,15-18,20,35,37H,5-6,12,14,19H2,1-4H3,(H,38,39). The Hall–Kier alpha value is -4.08. The number of pyridine rings is 1. The first kappa shape index (κ1) is 29.9. The predicted molar refractivity (Wildman–Crippen MR) is 156 cm³/mol. The fraction of sp³-hybridized carbons (Fsp3) is 0.312. The van der Waals surface area contributed by atoms with Crippen LogP contribution in [-0.2, 0) is 11.3 Å². The van der Waals surface area contributed by atoms with E-state index in [9.17, 15) is 13.6 Å². The number of nitrogens with one attached hydrogen (secondary N) is 3. The number of nitrogens with zero attached hydrogens (tertiary/aromatic N) is 1. The van der Waals surface area contributed by atoms with Gasteiger partial charge in [0.05, 0.1) is 22.7 Å². The summed E-state index contributed by atoms with van der Waals surface area (Å²) in [5.41, 5.74) is 3.35. The van der Waals surface area contributed by atoms with Crippen molar-refractivity contribution in [2.75, 3.05) is 18.5 Å². The van der Waals surface area contributed by atoms with Gasteiger partial charge in [-0.05, 0) is 101 Å². The number of hydrogen-bond donors (Lipinski definition) is 3. The van der Waals surface area contributed by atoms with Crippen molar-refractivity contribution in [3.8, 4) is 22.9 Å². The van der Waals surface area contributed by atoms with Gasteiger partial charge in [-0.25, -0.2) is 8.78 Å². The normalized spacial score (nSPS) is 11.5. The molecule has 2 aromatic heterocycles. The van der Waals surface area contributed by atoms with E-state index in [-0.39, 0.29) is 22.6 Å². The summed E-state index contributed by atoms with van der Waals surface area (Å²) in [7, 11) is 0. The lowest BCUT2D eigenvalue weighted by Gasteiger charge is -2.19. The minimum absolute atomic E-state index is 0.0479. The third-order valence-electron chi connectivity index (χ3n) is 6.15. The maximum Gasteiger partial charge on any atom is 0.255 e. The van der Waals surface area contributed by atoms with Crippen LogP contribution in [0.2, 0.25) is 0 Å². The van der Waals surface area contributed by atoms with E-state index in [1.54, 1.807) is 31.3 Å². The molecular formula is C32H36F2N4O3. The van der Waals surface area contributed by atoms with Crippen molar-refractivity contribution < 1.29 is 23.0 Å². The Kier molecular flexibility index (Phi) is 9.86. The van der Waals surface area contributed by atoms with Gasteiger partial charge in [0.15, 0.2) is 11.6 Å². The first-order valence-electron chi connectivity index (χ1n) is 13.6. The summed E-state index contributed by atoms with van der Waals surface area (Å²) < 4.78 is 40.2. The Labute approximate surface area is 239 Å². The van der Waals surface area contributed by atoms with Crippen LogP contribution in [0.15, 0.2) is 67.0 Å². The summed E-state index contributed by atoms with van der Waals surface area (Å²) in [5, 5.41) is 5.96. The molecule has 9 heteroatoms. The number of halogens is 2. The fourth-order valence-electron chi connectivity index (χ4n) is 4.05. The number of rotatable bonds is 12. The molecule has 2 heterocycles. The minimum Gasteiger partial charge on any atom is -0.454 e. The quantitative estimate of drug-likeness (QED) is 0.157. The predicted octanol–water partition coefficient (Wildman–Crippen LogP) is 7.39. The van der Waals surface area contributed by atoms with E-state index < -0.39 is 17.5 Å². The molecule has 2 aromatic carbocycles. The summed E-state index contributed by atoms with van der Waals surface area (Å²) in [5.74, 6) is -1.57. The Bertz CT molecular complexity index is 1480. The number of aryl methyl sites for hydroxylation is 1. The van der Waals surface area contributed by atoms with Gasteiger partial charge in [0.2, 0.25) is 0 Å². The molecule has 4 rings (SSSR count). The van der Waals surface area contributed by atoms with Crippen LogP contribution in [-0.4, -0.2) is 34.6 Å². The van der Waals surface area contributed by atoms with E-state index in [4.69, 9.17) is 9.47 Å². The number of hydrogen-bond acceptors (Lipinski definition) is 5. The van der Waals surface area contributed by atoms with E-state index in [0.29, 0.717) is 18.0 Å². The molecule has 0 aliphatic carbocycles. The molecule has 0 atom stereocenters. The van der Waals surface area contributed by atoms with Crippen molar-refractivity contribution in [1.29, 1.82) is 0 Å². The molecule has 216 valence electrons. The van der Waals surface area contributed by atoms with Crippen molar-refractivity contribution >= 4 is 11.6 Å². The van der Waals surface area contributed by atoms with E-state index in [1.165, 1.54) is 24.3 Å². The molecule has 0 saturated carbocycles. The second kappa shape index (κ2) is 13.5. The number of unbranched alkanes of at least 4 members (excludes halogenated alkanes) is 1. The molecule has 0 fully saturated rings. The lowest BCUT2D eigenvalue weighted by molar-refractivity contribution is -0.00452. The van der Waals surface area contributed by atoms with Crippen molar-refractivity contribution in [2.24, 2.45) is 0 Å². The van der Waals surface area contributed by atoms with Crippen molar-refractivity contribution in [3.05, 3.63) is 95.3 Å². The second-order valence-electron chi connectivity index (χ2n) is 10.8. The summed E-state index contributed by atoms with van der Waals surface area (Å²) in [6.45, 7) is 10.3. The van der Waals surface area contributed by atoms with Crippen LogP contribution in [0.4, 0.5) is 14.5 Å². The summed E-state index contributed by atoms with van der Waals surface area (Å²) in [4.78, 5) is 20.4.